The Labute approximate surface area is 132 Å². The second-order valence-electron chi connectivity index (χ2n) is 4.99. The van der Waals surface area contributed by atoms with Crippen LogP contribution < -0.4 is 21.5 Å². The average Bonchev–Trinajstić information content (AvgIpc) is 2.98. The number of amides is 2. The molecule has 2 rings (SSSR count). The van der Waals surface area contributed by atoms with Crippen LogP contribution in [0.25, 0.3) is 0 Å². The van der Waals surface area contributed by atoms with Crippen molar-refractivity contribution < 1.29 is 14.0 Å². The second kappa shape index (κ2) is 8.07. The number of carbonyl (C=O) groups excluding carboxylic acids is 2. The summed E-state index contributed by atoms with van der Waals surface area (Å²) in [4.78, 5) is 23.5. The summed E-state index contributed by atoms with van der Waals surface area (Å²) in [6, 6.07) is 3.78. The Morgan fingerprint density at radius 3 is 2.86 bits per heavy atom. The maximum absolute atomic E-state index is 12.9. The lowest BCUT2D eigenvalue weighted by atomic mass is 10.2. The third-order valence-electron chi connectivity index (χ3n) is 3.28. The zero-order chi connectivity index (χ0) is 15.9. The average molecular weight is 329 g/mol. The normalized spacial score (nSPS) is 17.3. The molecular formula is C14H18ClFN4O2. The van der Waals surface area contributed by atoms with Crippen LogP contribution in [-0.2, 0) is 4.79 Å². The van der Waals surface area contributed by atoms with E-state index in [0.717, 1.165) is 25.1 Å². The number of hydrogen-bond donors (Lipinski definition) is 4. The zero-order valence-electron chi connectivity index (χ0n) is 11.9. The predicted molar refractivity (Wildman–Crippen MR) is 80.9 cm³/mol. The fraction of sp³-hybridized carbons (Fsp3) is 0.429. The van der Waals surface area contributed by atoms with Crippen molar-refractivity contribution in [1.82, 2.24) is 21.5 Å². The van der Waals surface area contributed by atoms with Crippen LogP contribution in [0.1, 0.15) is 23.2 Å². The van der Waals surface area contributed by atoms with E-state index in [1.54, 1.807) is 0 Å². The first-order valence-electron chi connectivity index (χ1n) is 7.04. The quantitative estimate of drug-likeness (QED) is 0.616. The van der Waals surface area contributed by atoms with Gasteiger partial charge in [0.15, 0.2) is 0 Å². The van der Waals surface area contributed by atoms with Gasteiger partial charge in [-0.05, 0) is 24.6 Å². The van der Waals surface area contributed by atoms with Crippen LogP contribution in [0, 0.1) is 5.82 Å². The largest absolute Gasteiger partial charge is 0.354 e. The molecule has 8 heteroatoms. The SMILES string of the molecule is O=C(CCNC(=O)c1ccc(F)cc1Cl)NCC1CCNN1. The van der Waals surface area contributed by atoms with Crippen LogP contribution in [0.15, 0.2) is 18.2 Å². The first kappa shape index (κ1) is 16.7. The Kier molecular flexibility index (Phi) is 6.11. The molecule has 2 amide bonds. The number of nitrogens with one attached hydrogen (secondary N) is 4. The number of rotatable bonds is 6. The Morgan fingerprint density at radius 2 is 2.18 bits per heavy atom. The van der Waals surface area contributed by atoms with Crippen LogP contribution in [0.3, 0.4) is 0 Å². The molecule has 22 heavy (non-hydrogen) atoms. The highest BCUT2D eigenvalue weighted by atomic mass is 35.5. The summed E-state index contributed by atoms with van der Waals surface area (Å²) in [5.41, 5.74) is 6.21. The monoisotopic (exact) mass is 328 g/mol. The molecule has 1 aromatic rings. The van der Waals surface area contributed by atoms with Crippen LogP contribution in [0.5, 0.6) is 0 Å². The number of halogens is 2. The maximum atomic E-state index is 12.9. The number of carbonyl (C=O) groups is 2. The highest BCUT2D eigenvalue weighted by Gasteiger charge is 2.15. The van der Waals surface area contributed by atoms with E-state index in [0.29, 0.717) is 6.54 Å². The summed E-state index contributed by atoms with van der Waals surface area (Å²) in [6.07, 6.45) is 1.13. The Balaban J connectivity index is 1.68. The third-order valence-corrected chi connectivity index (χ3v) is 3.60. The molecule has 1 fully saturated rings. The van der Waals surface area contributed by atoms with Gasteiger partial charge in [0.25, 0.3) is 5.91 Å². The maximum Gasteiger partial charge on any atom is 0.252 e. The summed E-state index contributed by atoms with van der Waals surface area (Å²) in [6.45, 7) is 1.62. The molecule has 1 unspecified atom stereocenters. The van der Waals surface area contributed by atoms with Gasteiger partial charge in [-0.1, -0.05) is 11.6 Å². The fourth-order valence-corrected chi connectivity index (χ4v) is 2.33. The van der Waals surface area contributed by atoms with E-state index in [4.69, 9.17) is 11.6 Å². The zero-order valence-corrected chi connectivity index (χ0v) is 12.7. The standard InChI is InChI=1S/C14H18ClFN4O2/c15-12-7-9(16)1-2-11(12)14(22)17-5-4-13(21)18-8-10-3-6-19-20-10/h1-2,7,10,19-20H,3-6,8H2,(H,17,22)(H,18,21). The summed E-state index contributed by atoms with van der Waals surface area (Å²) in [5.74, 6) is -1.07. The molecule has 1 aromatic carbocycles. The Bertz CT molecular complexity index is 550. The first-order chi connectivity index (χ1) is 10.6. The van der Waals surface area contributed by atoms with Crippen LogP contribution >= 0.6 is 11.6 Å². The van der Waals surface area contributed by atoms with Gasteiger partial charge in [0.05, 0.1) is 10.6 Å². The molecule has 0 spiro atoms. The van der Waals surface area contributed by atoms with E-state index >= 15 is 0 Å². The van der Waals surface area contributed by atoms with Gasteiger partial charge in [-0.3, -0.25) is 20.4 Å². The van der Waals surface area contributed by atoms with Gasteiger partial charge >= 0.3 is 0 Å². The molecule has 0 aromatic heterocycles. The highest BCUT2D eigenvalue weighted by Crippen LogP contribution is 2.16. The van der Waals surface area contributed by atoms with Gasteiger partial charge in [0, 0.05) is 32.1 Å². The smallest absolute Gasteiger partial charge is 0.252 e. The Hall–Kier alpha value is -1.70. The van der Waals surface area contributed by atoms with Crippen molar-refractivity contribution in [1.29, 1.82) is 0 Å². The number of hydrazine groups is 1. The topological polar surface area (TPSA) is 82.3 Å². The van der Waals surface area contributed by atoms with Crippen molar-refractivity contribution in [2.45, 2.75) is 18.9 Å². The molecule has 0 aliphatic carbocycles. The molecule has 1 heterocycles. The van der Waals surface area contributed by atoms with Gasteiger partial charge < -0.3 is 10.6 Å². The lowest BCUT2D eigenvalue weighted by Gasteiger charge is -2.11. The summed E-state index contributed by atoms with van der Waals surface area (Å²) in [5, 5.41) is 5.42. The minimum atomic E-state index is -0.504. The van der Waals surface area contributed by atoms with Gasteiger partial charge in [0.2, 0.25) is 5.91 Å². The molecule has 1 atom stereocenters. The van der Waals surface area contributed by atoms with Crippen molar-refractivity contribution in [3.8, 4) is 0 Å². The molecule has 0 bridgehead atoms. The predicted octanol–water partition coefficient (Wildman–Crippen LogP) is 0.582. The van der Waals surface area contributed by atoms with E-state index in [-0.39, 0.29) is 35.5 Å². The van der Waals surface area contributed by atoms with Gasteiger partial charge in [-0.2, -0.15) is 0 Å². The lowest BCUT2D eigenvalue weighted by Crippen LogP contribution is -2.40. The molecule has 120 valence electrons. The first-order valence-corrected chi connectivity index (χ1v) is 7.42. The van der Waals surface area contributed by atoms with Crippen molar-refractivity contribution >= 4 is 23.4 Å². The van der Waals surface area contributed by atoms with Crippen LogP contribution in [0.2, 0.25) is 5.02 Å². The van der Waals surface area contributed by atoms with Crippen molar-refractivity contribution in [2.75, 3.05) is 19.6 Å². The molecule has 0 saturated carbocycles. The third kappa shape index (κ3) is 4.94. The van der Waals surface area contributed by atoms with Crippen molar-refractivity contribution in [3.63, 3.8) is 0 Å². The molecular weight excluding hydrogens is 311 g/mol. The lowest BCUT2D eigenvalue weighted by molar-refractivity contribution is -0.121. The van der Waals surface area contributed by atoms with Gasteiger partial charge in [0.1, 0.15) is 5.82 Å². The Morgan fingerprint density at radius 1 is 1.36 bits per heavy atom. The second-order valence-corrected chi connectivity index (χ2v) is 5.40. The minimum Gasteiger partial charge on any atom is -0.354 e. The number of benzene rings is 1. The van der Waals surface area contributed by atoms with E-state index in [1.807, 2.05) is 0 Å². The van der Waals surface area contributed by atoms with E-state index in [2.05, 4.69) is 21.5 Å². The summed E-state index contributed by atoms with van der Waals surface area (Å²) < 4.78 is 12.9. The number of hydrogen-bond acceptors (Lipinski definition) is 4. The van der Waals surface area contributed by atoms with Gasteiger partial charge in [-0.15, -0.1) is 0 Å². The molecule has 1 aliphatic rings. The summed E-state index contributed by atoms with van der Waals surface area (Å²) in [7, 11) is 0. The van der Waals surface area contributed by atoms with Gasteiger partial charge in [-0.25, -0.2) is 4.39 Å². The molecule has 0 radical (unpaired) electrons. The minimum absolute atomic E-state index is 0.0433. The molecule has 1 saturated heterocycles. The highest BCUT2D eigenvalue weighted by molar-refractivity contribution is 6.33. The van der Waals surface area contributed by atoms with E-state index < -0.39 is 11.7 Å². The molecule has 1 aliphatic heterocycles. The van der Waals surface area contributed by atoms with Crippen molar-refractivity contribution in [2.24, 2.45) is 0 Å². The fourth-order valence-electron chi connectivity index (χ4n) is 2.07. The van der Waals surface area contributed by atoms with E-state index in [9.17, 15) is 14.0 Å². The molecule has 4 N–H and O–H groups in total. The molecule has 6 nitrogen and oxygen atoms in total. The summed E-state index contributed by atoms with van der Waals surface area (Å²) >= 11 is 5.80. The van der Waals surface area contributed by atoms with Crippen molar-refractivity contribution in [3.05, 3.63) is 34.6 Å². The van der Waals surface area contributed by atoms with Crippen LogP contribution in [0.4, 0.5) is 4.39 Å². The van der Waals surface area contributed by atoms with Crippen LogP contribution in [-0.4, -0.2) is 37.5 Å². The van der Waals surface area contributed by atoms with E-state index in [1.165, 1.54) is 6.07 Å².